The van der Waals surface area contributed by atoms with Crippen LogP contribution in [0.5, 0.6) is 0 Å². The second kappa shape index (κ2) is 5.38. The van der Waals surface area contributed by atoms with E-state index in [0.717, 1.165) is 19.4 Å². The van der Waals surface area contributed by atoms with Crippen LogP contribution in [0.25, 0.3) is 0 Å². The van der Waals surface area contributed by atoms with E-state index in [-0.39, 0.29) is 6.17 Å². The van der Waals surface area contributed by atoms with Crippen molar-refractivity contribution in [3.8, 4) is 0 Å². The molecule has 0 rings (SSSR count). The number of likely N-dealkylation sites (N-methyl/N-ethyl adjacent to an activating group) is 2. The van der Waals surface area contributed by atoms with Crippen molar-refractivity contribution < 1.29 is 4.79 Å². The van der Waals surface area contributed by atoms with Crippen molar-refractivity contribution in [3.63, 3.8) is 0 Å². The minimum absolute atomic E-state index is 0.116. The highest BCUT2D eigenvalue weighted by atomic mass is 16.1. The molecular weight excluding hydrogens is 128 g/mol. The molecule has 1 atom stereocenters. The third-order valence-electron chi connectivity index (χ3n) is 1.63. The fourth-order valence-corrected chi connectivity index (χ4v) is 0.954. The van der Waals surface area contributed by atoms with E-state index in [1.54, 1.807) is 7.05 Å². The van der Waals surface area contributed by atoms with Crippen molar-refractivity contribution >= 4 is 6.29 Å². The molecule has 3 heteroatoms. The maximum atomic E-state index is 10.4. The molecule has 1 N–H and O–H groups in total. The van der Waals surface area contributed by atoms with Gasteiger partial charge in [0.25, 0.3) is 0 Å². The number of carbonyl (C=O) groups excluding carboxylic acids is 1. The molecule has 10 heavy (non-hydrogen) atoms. The Balaban J connectivity index is 3.81. The van der Waals surface area contributed by atoms with E-state index in [2.05, 4.69) is 5.32 Å². The van der Waals surface area contributed by atoms with Gasteiger partial charge in [-0.25, -0.2) is 0 Å². The van der Waals surface area contributed by atoms with E-state index in [1.165, 1.54) is 0 Å². The van der Waals surface area contributed by atoms with Crippen molar-refractivity contribution in [2.24, 2.45) is 0 Å². The molecule has 0 aliphatic rings. The molecule has 0 amide bonds. The Kier molecular flexibility index (Phi) is 5.16. The number of nitrogens with zero attached hydrogens (tertiary/aromatic N) is 1. The Hall–Kier alpha value is -0.410. The normalized spacial score (nSPS) is 13.6. The lowest BCUT2D eigenvalue weighted by Gasteiger charge is -2.23. The van der Waals surface area contributed by atoms with Crippen LogP contribution >= 0.6 is 0 Å². The summed E-state index contributed by atoms with van der Waals surface area (Å²) in [4.78, 5) is 12.4. The van der Waals surface area contributed by atoms with Crippen LogP contribution in [0.1, 0.15) is 13.8 Å². The Labute approximate surface area is 62.4 Å². The molecule has 3 nitrogen and oxygen atoms in total. The highest BCUT2D eigenvalue weighted by molar-refractivity contribution is 5.56. The molecule has 0 spiro atoms. The number of aldehydes is 1. The van der Waals surface area contributed by atoms with Gasteiger partial charge in [-0.3, -0.25) is 10.2 Å². The van der Waals surface area contributed by atoms with Gasteiger partial charge in [-0.05, 0) is 20.1 Å². The predicted octanol–water partition coefficient (Wildman–Crippen LogP) is 0.0726. The van der Waals surface area contributed by atoms with Gasteiger partial charge in [0.1, 0.15) is 6.17 Å². The van der Waals surface area contributed by atoms with Crippen LogP contribution in [0.3, 0.4) is 0 Å². The SMILES string of the molecule is CCN(CC)C(C=O)NC. The second-order valence-corrected chi connectivity index (χ2v) is 2.09. The topological polar surface area (TPSA) is 32.3 Å². The van der Waals surface area contributed by atoms with E-state index >= 15 is 0 Å². The van der Waals surface area contributed by atoms with Gasteiger partial charge in [-0.15, -0.1) is 0 Å². The summed E-state index contributed by atoms with van der Waals surface area (Å²) in [7, 11) is 1.79. The maximum Gasteiger partial charge on any atom is 0.151 e. The van der Waals surface area contributed by atoms with Gasteiger partial charge in [0.15, 0.2) is 6.29 Å². The van der Waals surface area contributed by atoms with Crippen LogP contribution in [0.2, 0.25) is 0 Å². The summed E-state index contributed by atoms with van der Waals surface area (Å²) in [6, 6.07) is 0. The van der Waals surface area contributed by atoms with E-state index < -0.39 is 0 Å². The molecule has 0 aromatic rings. The number of nitrogens with one attached hydrogen (secondary N) is 1. The smallest absolute Gasteiger partial charge is 0.151 e. The molecule has 0 aliphatic heterocycles. The van der Waals surface area contributed by atoms with E-state index in [0.29, 0.717) is 0 Å². The van der Waals surface area contributed by atoms with Crippen molar-refractivity contribution in [1.29, 1.82) is 0 Å². The Morgan fingerprint density at radius 2 is 2.00 bits per heavy atom. The number of rotatable bonds is 5. The first-order valence-corrected chi connectivity index (χ1v) is 3.66. The summed E-state index contributed by atoms with van der Waals surface area (Å²) in [5, 5.41) is 2.91. The van der Waals surface area contributed by atoms with Gasteiger partial charge < -0.3 is 4.79 Å². The van der Waals surface area contributed by atoms with Gasteiger partial charge in [0, 0.05) is 0 Å². The zero-order chi connectivity index (χ0) is 7.98. The van der Waals surface area contributed by atoms with Crippen LogP contribution in [0, 0.1) is 0 Å². The summed E-state index contributed by atoms with van der Waals surface area (Å²) in [5.74, 6) is 0. The second-order valence-electron chi connectivity index (χ2n) is 2.09. The van der Waals surface area contributed by atoms with E-state index in [4.69, 9.17) is 0 Å². The largest absolute Gasteiger partial charge is 0.300 e. The van der Waals surface area contributed by atoms with Crippen LogP contribution in [-0.4, -0.2) is 37.5 Å². The molecule has 0 aliphatic carbocycles. The van der Waals surface area contributed by atoms with Gasteiger partial charge in [-0.2, -0.15) is 0 Å². The molecule has 0 aromatic heterocycles. The first-order chi connectivity index (χ1) is 4.79. The first kappa shape index (κ1) is 9.59. The predicted molar refractivity (Wildman–Crippen MR) is 41.8 cm³/mol. The van der Waals surface area contributed by atoms with Gasteiger partial charge >= 0.3 is 0 Å². The summed E-state index contributed by atoms with van der Waals surface area (Å²) < 4.78 is 0. The number of carbonyl (C=O) groups is 1. The fourth-order valence-electron chi connectivity index (χ4n) is 0.954. The lowest BCUT2D eigenvalue weighted by Crippen LogP contribution is -2.44. The molecule has 1 unspecified atom stereocenters. The van der Waals surface area contributed by atoms with Crippen molar-refractivity contribution in [2.75, 3.05) is 20.1 Å². The molecule has 0 saturated carbocycles. The minimum Gasteiger partial charge on any atom is -0.300 e. The quantitative estimate of drug-likeness (QED) is 0.438. The van der Waals surface area contributed by atoms with E-state index in [1.807, 2.05) is 18.7 Å². The Morgan fingerprint density at radius 3 is 2.10 bits per heavy atom. The third kappa shape index (κ3) is 2.45. The Bertz CT molecular complexity index is 91.6. The standard InChI is InChI=1S/C7H16N2O/c1-4-9(5-2)7(6-10)8-3/h6-8H,4-5H2,1-3H3. The van der Waals surface area contributed by atoms with Crippen LogP contribution in [0.15, 0.2) is 0 Å². The fraction of sp³-hybridized carbons (Fsp3) is 0.857. The van der Waals surface area contributed by atoms with Gasteiger partial charge in [0.2, 0.25) is 0 Å². The average Bonchev–Trinajstić information content (AvgIpc) is 2.00. The van der Waals surface area contributed by atoms with Crippen LogP contribution in [0.4, 0.5) is 0 Å². The zero-order valence-electron chi connectivity index (χ0n) is 6.92. The van der Waals surface area contributed by atoms with Crippen molar-refractivity contribution in [3.05, 3.63) is 0 Å². The summed E-state index contributed by atoms with van der Waals surface area (Å²) in [6.45, 7) is 5.89. The first-order valence-electron chi connectivity index (χ1n) is 3.66. The molecule has 60 valence electrons. The molecular formula is C7H16N2O. The highest BCUT2D eigenvalue weighted by Gasteiger charge is 2.10. The molecule has 0 bridgehead atoms. The lowest BCUT2D eigenvalue weighted by molar-refractivity contribution is -0.113. The Morgan fingerprint density at radius 1 is 1.50 bits per heavy atom. The third-order valence-corrected chi connectivity index (χ3v) is 1.63. The van der Waals surface area contributed by atoms with Crippen LogP contribution in [-0.2, 0) is 4.79 Å². The van der Waals surface area contributed by atoms with Crippen molar-refractivity contribution in [1.82, 2.24) is 10.2 Å². The van der Waals surface area contributed by atoms with Crippen molar-refractivity contribution in [2.45, 2.75) is 20.0 Å². The number of hydrogen-bond acceptors (Lipinski definition) is 3. The number of hydrogen-bond donors (Lipinski definition) is 1. The molecule has 0 saturated heterocycles. The van der Waals surface area contributed by atoms with Gasteiger partial charge in [-0.1, -0.05) is 13.8 Å². The molecule has 0 aromatic carbocycles. The minimum atomic E-state index is -0.116. The average molecular weight is 144 g/mol. The highest BCUT2D eigenvalue weighted by Crippen LogP contribution is 1.90. The van der Waals surface area contributed by atoms with Gasteiger partial charge in [0.05, 0.1) is 0 Å². The maximum absolute atomic E-state index is 10.4. The van der Waals surface area contributed by atoms with Crippen LogP contribution < -0.4 is 5.32 Å². The lowest BCUT2D eigenvalue weighted by atomic mass is 10.4. The monoisotopic (exact) mass is 144 g/mol. The molecule has 0 heterocycles. The zero-order valence-corrected chi connectivity index (χ0v) is 6.92. The van der Waals surface area contributed by atoms with E-state index in [9.17, 15) is 4.79 Å². The molecule has 0 fully saturated rings. The molecule has 0 radical (unpaired) electrons. The summed E-state index contributed by atoms with van der Waals surface area (Å²) in [5.41, 5.74) is 0. The summed E-state index contributed by atoms with van der Waals surface area (Å²) in [6.07, 6.45) is 0.808. The summed E-state index contributed by atoms with van der Waals surface area (Å²) >= 11 is 0.